The maximum absolute atomic E-state index is 11.5. The van der Waals surface area contributed by atoms with Crippen molar-refractivity contribution in [1.82, 2.24) is 9.55 Å². The Morgan fingerprint density at radius 1 is 1.47 bits per heavy atom. The van der Waals surface area contributed by atoms with Crippen molar-refractivity contribution in [2.45, 2.75) is 26.8 Å². The van der Waals surface area contributed by atoms with Gasteiger partial charge >= 0.3 is 5.82 Å². The quantitative estimate of drug-likeness (QED) is 0.560. The lowest BCUT2D eigenvalue weighted by atomic mass is 10.6. The van der Waals surface area contributed by atoms with E-state index in [0.29, 0.717) is 12.2 Å². The van der Waals surface area contributed by atoms with Gasteiger partial charge in [-0.15, -0.1) is 0 Å². The summed E-state index contributed by atoms with van der Waals surface area (Å²) in [6, 6.07) is 0. The molecule has 0 fully saturated rings. The molecule has 96 valence electrons. The summed E-state index contributed by atoms with van der Waals surface area (Å²) >= 11 is 0. The van der Waals surface area contributed by atoms with Gasteiger partial charge in [0.25, 0.3) is 0 Å². The number of aryl methyl sites for hydroxylation is 1. The molecule has 0 saturated heterocycles. The van der Waals surface area contributed by atoms with Crippen molar-refractivity contribution in [2.24, 2.45) is 0 Å². The van der Waals surface area contributed by atoms with Gasteiger partial charge in [0.15, 0.2) is 15.7 Å². The highest BCUT2D eigenvalue weighted by atomic mass is 32.2. The second kappa shape index (κ2) is 5.26. The van der Waals surface area contributed by atoms with E-state index in [1.165, 1.54) is 4.57 Å². The van der Waals surface area contributed by atoms with Crippen LogP contribution < -0.4 is 0 Å². The van der Waals surface area contributed by atoms with E-state index in [4.69, 9.17) is 0 Å². The van der Waals surface area contributed by atoms with Crippen molar-refractivity contribution in [1.29, 1.82) is 0 Å². The number of hydrogen-bond donors (Lipinski definition) is 0. The molecule has 17 heavy (non-hydrogen) atoms. The van der Waals surface area contributed by atoms with E-state index in [9.17, 15) is 18.5 Å². The van der Waals surface area contributed by atoms with Gasteiger partial charge in [-0.2, -0.15) is 0 Å². The first-order valence-corrected chi connectivity index (χ1v) is 7.06. The molecule has 0 spiro atoms. The zero-order valence-electron chi connectivity index (χ0n) is 9.79. The van der Waals surface area contributed by atoms with Crippen molar-refractivity contribution in [3.8, 4) is 0 Å². The van der Waals surface area contributed by atoms with Gasteiger partial charge in [-0.25, -0.2) is 18.0 Å². The molecule has 1 aromatic rings. The third-order valence-corrected chi connectivity index (χ3v) is 4.20. The maximum Gasteiger partial charge on any atom is 0.342 e. The fourth-order valence-electron chi connectivity index (χ4n) is 1.52. The molecule has 0 unspecified atom stereocenters. The van der Waals surface area contributed by atoms with Gasteiger partial charge in [-0.1, -0.05) is 6.92 Å². The number of nitrogens with zero attached hydrogens (tertiary/aromatic N) is 3. The first-order chi connectivity index (χ1) is 7.87. The Morgan fingerprint density at radius 2 is 2.12 bits per heavy atom. The van der Waals surface area contributed by atoms with E-state index in [-0.39, 0.29) is 23.9 Å². The highest BCUT2D eigenvalue weighted by Gasteiger charge is 2.19. The van der Waals surface area contributed by atoms with Crippen LogP contribution in [0.3, 0.4) is 0 Å². The lowest BCUT2D eigenvalue weighted by molar-refractivity contribution is -0.392. The second-order valence-corrected chi connectivity index (χ2v) is 6.03. The van der Waals surface area contributed by atoms with E-state index < -0.39 is 14.8 Å². The lowest BCUT2D eigenvalue weighted by Crippen LogP contribution is -2.17. The monoisotopic (exact) mass is 261 g/mol. The van der Waals surface area contributed by atoms with E-state index >= 15 is 0 Å². The van der Waals surface area contributed by atoms with Crippen LogP contribution in [-0.2, 0) is 16.4 Å². The fraction of sp³-hybridized carbons (Fsp3) is 0.667. The van der Waals surface area contributed by atoms with Gasteiger partial charge in [0.2, 0.25) is 0 Å². The van der Waals surface area contributed by atoms with Crippen LogP contribution in [0.15, 0.2) is 6.20 Å². The average molecular weight is 261 g/mol. The molecule has 0 aliphatic heterocycles. The van der Waals surface area contributed by atoms with Crippen molar-refractivity contribution < 1.29 is 13.3 Å². The SMILES string of the molecule is CCCS(=O)(=O)CCn1c([N+](=O)[O-])cnc1C. The Balaban J connectivity index is 2.82. The summed E-state index contributed by atoms with van der Waals surface area (Å²) in [4.78, 5) is 13.9. The summed E-state index contributed by atoms with van der Waals surface area (Å²) in [6.07, 6.45) is 1.69. The molecular weight excluding hydrogens is 246 g/mol. The molecule has 0 saturated carbocycles. The summed E-state index contributed by atoms with van der Waals surface area (Å²) in [5, 5.41) is 10.7. The molecule has 0 N–H and O–H groups in total. The third-order valence-electron chi connectivity index (χ3n) is 2.36. The minimum absolute atomic E-state index is 0.0739. The molecule has 0 amide bonds. The predicted molar refractivity (Wildman–Crippen MR) is 62.6 cm³/mol. The number of hydrogen-bond acceptors (Lipinski definition) is 5. The highest BCUT2D eigenvalue weighted by molar-refractivity contribution is 7.91. The number of nitro groups is 1. The van der Waals surface area contributed by atoms with Gasteiger partial charge in [-0.05, 0) is 11.3 Å². The van der Waals surface area contributed by atoms with Gasteiger partial charge in [0.05, 0.1) is 11.5 Å². The van der Waals surface area contributed by atoms with Crippen molar-refractivity contribution in [2.75, 3.05) is 11.5 Å². The number of imidazole rings is 1. The first kappa shape index (κ1) is 13.6. The average Bonchev–Trinajstić information content (AvgIpc) is 2.57. The Kier molecular flexibility index (Phi) is 4.22. The van der Waals surface area contributed by atoms with Crippen LogP contribution in [0.25, 0.3) is 0 Å². The molecule has 0 atom stereocenters. The normalized spacial score (nSPS) is 11.6. The Hall–Kier alpha value is -1.44. The molecule has 0 aromatic carbocycles. The number of sulfone groups is 1. The largest absolute Gasteiger partial charge is 0.358 e. The molecule has 1 rings (SSSR count). The highest BCUT2D eigenvalue weighted by Crippen LogP contribution is 2.13. The Bertz CT molecular complexity index is 506. The van der Waals surface area contributed by atoms with Gasteiger partial charge in [0, 0.05) is 6.92 Å². The van der Waals surface area contributed by atoms with Crippen LogP contribution >= 0.6 is 0 Å². The van der Waals surface area contributed by atoms with E-state index in [1.54, 1.807) is 13.8 Å². The van der Waals surface area contributed by atoms with Crippen LogP contribution in [0.1, 0.15) is 19.2 Å². The van der Waals surface area contributed by atoms with Gasteiger partial charge in [0.1, 0.15) is 12.7 Å². The lowest BCUT2D eigenvalue weighted by Gasteiger charge is -2.03. The minimum Gasteiger partial charge on any atom is -0.358 e. The molecule has 1 heterocycles. The first-order valence-electron chi connectivity index (χ1n) is 5.24. The van der Waals surface area contributed by atoms with Crippen LogP contribution in [-0.4, -0.2) is 34.4 Å². The summed E-state index contributed by atoms with van der Waals surface area (Å²) in [6.45, 7) is 3.46. The molecule has 8 heteroatoms. The molecule has 1 aromatic heterocycles. The van der Waals surface area contributed by atoms with Crippen molar-refractivity contribution >= 4 is 15.7 Å². The third kappa shape index (κ3) is 3.52. The molecule has 0 aliphatic carbocycles. The summed E-state index contributed by atoms with van der Waals surface area (Å²) < 4.78 is 24.3. The molecule has 7 nitrogen and oxygen atoms in total. The standard InChI is InChI=1S/C9H15N3O4S/c1-3-5-17(15,16)6-4-11-8(2)10-7-9(11)12(13)14/h7H,3-6H2,1-2H3. The maximum atomic E-state index is 11.5. The number of aromatic nitrogens is 2. The van der Waals surface area contributed by atoms with Crippen LogP contribution in [0, 0.1) is 17.0 Å². The minimum atomic E-state index is -3.14. The van der Waals surface area contributed by atoms with Crippen LogP contribution in [0.5, 0.6) is 0 Å². The molecule has 0 bridgehead atoms. The summed E-state index contributed by atoms with van der Waals surface area (Å²) in [5.74, 6) is 0.283. The smallest absolute Gasteiger partial charge is 0.342 e. The van der Waals surface area contributed by atoms with Crippen molar-refractivity contribution in [3.63, 3.8) is 0 Å². The summed E-state index contributed by atoms with van der Waals surface area (Å²) in [5.41, 5.74) is 0. The topological polar surface area (TPSA) is 95.1 Å². The second-order valence-electron chi connectivity index (χ2n) is 3.72. The fourth-order valence-corrected chi connectivity index (χ4v) is 2.81. The number of rotatable bonds is 6. The zero-order valence-corrected chi connectivity index (χ0v) is 10.6. The molecule has 0 radical (unpaired) electrons. The predicted octanol–water partition coefficient (Wildman–Crippen LogP) is 0.925. The molecular formula is C9H15N3O4S. The van der Waals surface area contributed by atoms with Crippen molar-refractivity contribution in [3.05, 3.63) is 22.1 Å². The Labute approximate surface area is 99.5 Å². The Morgan fingerprint density at radius 3 is 2.65 bits per heavy atom. The van der Waals surface area contributed by atoms with Crippen LogP contribution in [0.4, 0.5) is 5.82 Å². The van der Waals surface area contributed by atoms with Crippen LogP contribution in [0.2, 0.25) is 0 Å². The van der Waals surface area contributed by atoms with Gasteiger partial charge < -0.3 is 10.1 Å². The van der Waals surface area contributed by atoms with E-state index in [0.717, 1.165) is 6.20 Å². The van der Waals surface area contributed by atoms with E-state index in [2.05, 4.69) is 4.98 Å². The van der Waals surface area contributed by atoms with E-state index in [1.807, 2.05) is 0 Å². The zero-order chi connectivity index (χ0) is 13.1. The van der Waals surface area contributed by atoms with Gasteiger partial charge in [-0.3, -0.25) is 0 Å². The summed E-state index contributed by atoms with van der Waals surface area (Å²) in [7, 11) is -3.14. The molecule has 0 aliphatic rings.